The molecule has 1 unspecified atom stereocenters. The van der Waals surface area contributed by atoms with E-state index < -0.39 is 22.1 Å². The summed E-state index contributed by atoms with van der Waals surface area (Å²) in [6.07, 6.45) is 5.15. The highest BCUT2D eigenvalue weighted by Gasteiger charge is 2.45. The maximum atomic E-state index is 12.5. The van der Waals surface area contributed by atoms with E-state index in [4.69, 9.17) is 9.47 Å². The van der Waals surface area contributed by atoms with E-state index in [1.165, 1.54) is 12.3 Å². The Morgan fingerprint density at radius 1 is 1.40 bits per heavy atom. The first-order valence-corrected chi connectivity index (χ1v) is 8.37. The highest BCUT2D eigenvalue weighted by Crippen LogP contribution is 2.39. The number of carbonyl (C=O) groups excluding carboxylic acids is 1. The van der Waals surface area contributed by atoms with Gasteiger partial charge in [-0.2, -0.15) is 0 Å². The number of rotatable bonds is 6. The standard InChI is InChI=1S/C18H24N2O5/c1-5-6-9-24-16(21)18(4)11-13(10-17(2,3)25-18)15-8-7-14(12-19-15)20(22)23/h7-8,10,12H,5-6,9,11H2,1-4H3. The summed E-state index contributed by atoms with van der Waals surface area (Å²) in [4.78, 5) is 27.0. The molecule has 0 N–H and O–H groups in total. The molecule has 7 nitrogen and oxygen atoms in total. The van der Waals surface area contributed by atoms with Gasteiger partial charge in [-0.15, -0.1) is 0 Å². The quantitative estimate of drug-likeness (QED) is 0.337. The number of ether oxygens (including phenoxy) is 2. The number of hydrogen-bond acceptors (Lipinski definition) is 6. The molecule has 1 aliphatic rings. The lowest BCUT2D eigenvalue weighted by Crippen LogP contribution is -2.48. The summed E-state index contributed by atoms with van der Waals surface area (Å²) >= 11 is 0. The van der Waals surface area contributed by atoms with Crippen LogP contribution in [-0.4, -0.2) is 33.7 Å². The lowest BCUT2D eigenvalue weighted by Gasteiger charge is -2.40. The van der Waals surface area contributed by atoms with E-state index in [1.54, 1.807) is 13.0 Å². The number of carbonyl (C=O) groups is 1. The zero-order valence-corrected chi connectivity index (χ0v) is 15.1. The molecule has 7 heteroatoms. The Bertz CT molecular complexity index is 681. The van der Waals surface area contributed by atoms with Crippen molar-refractivity contribution in [3.63, 3.8) is 0 Å². The Hall–Kier alpha value is -2.28. The first-order chi connectivity index (χ1) is 11.7. The van der Waals surface area contributed by atoms with E-state index in [0.717, 1.165) is 18.4 Å². The smallest absolute Gasteiger partial charge is 0.338 e. The van der Waals surface area contributed by atoms with Gasteiger partial charge in [-0.05, 0) is 44.9 Å². The summed E-state index contributed by atoms with van der Waals surface area (Å²) < 4.78 is 11.3. The van der Waals surface area contributed by atoms with Crippen LogP contribution in [0.2, 0.25) is 0 Å². The number of unbranched alkanes of at least 4 members (excludes halogenated alkanes) is 1. The summed E-state index contributed by atoms with van der Waals surface area (Å²) in [6, 6.07) is 3.00. The maximum Gasteiger partial charge on any atom is 0.338 e. The van der Waals surface area contributed by atoms with E-state index in [9.17, 15) is 14.9 Å². The average Bonchev–Trinajstić information content (AvgIpc) is 2.53. The molecule has 25 heavy (non-hydrogen) atoms. The second kappa shape index (κ2) is 7.31. The lowest BCUT2D eigenvalue weighted by atomic mass is 9.86. The fourth-order valence-electron chi connectivity index (χ4n) is 2.90. The Labute approximate surface area is 147 Å². The van der Waals surface area contributed by atoms with Crippen LogP contribution in [0.25, 0.3) is 5.57 Å². The third-order valence-corrected chi connectivity index (χ3v) is 3.99. The average molecular weight is 348 g/mol. The third kappa shape index (κ3) is 4.63. The predicted molar refractivity (Wildman–Crippen MR) is 92.9 cm³/mol. The Balaban J connectivity index is 2.25. The molecule has 0 bridgehead atoms. The van der Waals surface area contributed by atoms with E-state index in [2.05, 4.69) is 4.98 Å². The Kier molecular flexibility index (Phi) is 5.57. The minimum absolute atomic E-state index is 0.0718. The number of nitrogens with zero attached hydrogens (tertiary/aromatic N) is 2. The molecule has 1 aromatic heterocycles. The molecular formula is C18H24N2O5. The van der Waals surface area contributed by atoms with Crippen molar-refractivity contribution in [2.75, 3.05) is 6.61 Å². The van der Waals surface area contributed by atoms with Crippen molar-refractivity contribution in [1.29, 1.82) is 0 Å². The van der Waals surface area contributed by atoms with Crippen LogP contribution in [0.5, 0.6) is 0 Å². The molecule has 1 aromatic rings. The minimum Gasteiger partial charge on any atom is -0.464 e. The Morgan fingerprint density at radius 3 is 2.68 bits per heavy atom. The molecule has 0 radical (unpaired) electrons. The van der Waals surface area contributed by atoms with Gasteiger partial charge < -0.3 is 9.47 Å². The van der Waals surface area contributed by atoms with Gasteiger partial charge in [-0.25, -0.2) is 9.78 Å². The molecule has 0 aliphatic carbocycles. The second-order valence-electron chi connectivity index (χ2n) is 6.93. The van der Waals surface area contributed by atoms with Gasteiger partial charge in [0, 0.05) is 12.5 Å². The van der Waals surface area contributed by atoms with Gasteiger partial charge in [-0.3, -0.25) is 10.1 Å². The van der Waals surface area contributed by atoms with Crippen molar-refractivity contribution in [2.24, 2.45) is 0 Å². The van der Waals surface area contributed by atoms with Crippen LogP contribution in [0.15, 0.2) is 24.4 Å². The van der Waals surface area contributed by atoms with Crippen LogP contribution in [0, 0.1) is 10.1 Å². The monoisotopic (exact) mass is 348 g/mol. The van der Waals surface area contributed by atoms with Gasteiger partial charge >= 0.3 is 5.97 Å². The molecule has 136 valence electrons. The van der Waals surface area contributed by atoms with Crippen LogP contribution in [0.3, 0.4) is 0 Å². The summed E-state index contributed by atoms with van der Waals surface area (Å²) in [5.41, 5.74) is -0.478. The summed E-state index contributed by atoms with van der Waals surface area (Å²) in [5, 5.41) is 10.8. The Morgan fingerprint density at radius 2 is 2.12 bits per heavy atom. The summed E-state index contributed by atoms with van der Waals surface area (Å²) in [6.45, 7) is 7.81. The molecular weight excluding hydrogens is 324 g/mol. The SMILES string of the molecule is CCCCOC(=O)C1(C)CC(c2ccc([N+](=O)[O-])cn2)=CC(C)(C)O1. The zero-order chi connectivity index (χ0) is 18.7. The number of esters is 1. The molecule has 0 aromatic carbocycles. The van der Waals surface area contributed by atoms with Crippen LogP contribution in [0.4, 0.5) is 5.69 Å². The molecule has 0 saturated carbocycles. The van der Waals surface area contributed by atoms with E-state index in [1.807, 2.05) is 26.8 Å². The molecule has 1 aliphatic heterocycles. The minimum atomic E-state index is -1.12. The van der Waals surface area contributed by atoms with Gasteiger partial charge in [0.25, 0.3) is 5.69 Å². The molecule has 0 fully saturated rings. The zero-order valence-electron chi connectivity index (χ0n) is 15.1. The molecule has 2 heterocycles. The number of aromatic nitrogens is 1. The number of hydrogen-bond donors (Lipinski definition) is 0. The van der Waals surface area contributed by atoms with Gasteiger partial charge in [-0.1, -0.05) is 13.3 Å². The summed E-state index contributed by atoms with van der Waals surface area (Å²) in [5.74, 6) is -0.401. The van der Waals surface area contributed by atoms with Crippen LogP contribution in [-0.2, 0) is 14.3 Å². The molecule has 1 atom stereocenters. The highest BCUT2D eigenvalue weighted by molar-refractivity contribution is 5.83. The topological polar surface area (TPSA) is 91.6 Å². The maximum absolute atomic E-state index is 12.5. The van der Waals surface area contributed by atoms with Crippen molar-refractivity contribution in [3.05, 3.63) is 40.2 Å². The van der Waals surface area contributed by atoms with Gasteiger partial charge in [0.15, 0.2) is 5.60 Å². The predicted octanol–water partition coefficient (Wildman–Crippen LogP) is 3.67. The van der Waals surface area contributed by atoms with E-state index >= 15 is 0 Å². The van der Waals surface area contributed by atoms with Crippen LogP contribution >= 0.6 is 0 Å². The van der Waals surface area contributed by atoms with Crippen molar-refractivity contribution in [3.8, 4) is 0 Å². The summed E-state index contributed by atoms with van der Waals surface area (Å²) in [7, 11) is 0. The van der Waals surface area contributed by atoms with Gasteiger partial charge in [0.05, 0.1) is 22.8 Å². The van der Waals surface area contributed by atoms with Gasteiger partial charge in [0.1, 0.15) is 6.20 Å². The van der Waals surface area contributed by atoms with Crippen LogP contribution < -0.4 is 0 Å². The molecule has 0 amide bonds. The molecule has 2 rings (SSSR count). The second-order valence-corrected chi connectivity index (χ2v) is 6.93. The first kappa shape index (κ1) is 19.1. The van der Waals surface area contributed by atoms with Crippen LogP contribution in [0.1, 0.15) is 52.7 Å². The van der Waals surface area contributed by atoms with Crippen molar-refractivity contribution < 1.29 is 19.2 Å². The van der Waals surface area contributed by atoms with E-state index in [-0.39, 0.29) is 5.69 Å². The third-order valence-electron chi connectivity index (χ3n) is 3.99. The van der Waals surface area contributed by atoms with Crippen molar-refractivity contribution >= 4 is 17.2 Å². The van der Waals surface area contributed by atoms with E-state index in [0.29, 0.717) is 18.7 Å². The van der Waals surface area contributed by atoms with Gasteiger partial charge in [0.2, 0.25) is 0 Å². The first-order valence-electron chi connectivity index (χ1n) is 8.37. The van der Waals surface area contributed by atoms with Crippen molar-refractivity contribution in [1.82, 2.24) is 4.98 Å². The number of nitro groups is 1. The fourth-order valence-corrected chi connectivity index (χ4v) is 2.90. The number of pyridine rings is 1. The lowest BCUT2D eigenvalue weighted by molar-refractivity contribution is -0.385. The largest absolute Gasteiger partial charge is 0.464 e. The molecule has 0 spiro atoms. The molecule has 0 saturated heterocycles. The highest BCUT2D eigenvalue weighted by atomic mass is 16.6. The van der Waals surface area contributed by atoms with Crippen molar-refractivity contribution in [2.45, 2.75) is 58.2 Å². The fraction of sp³-hybridized carbons (Fsp3) is 0.556. The normalized spacial score (nSPS) is 22.2.